The van der Waals surface area contributed by atoms with Crippen LogP contribution < -0.4 is 5.73 Å². The van der Waals surface area contributed by atoms with E-state index < -0.39 is 0 Å². The van der Waals surface area contributed by atoms with E-state index in [-0.39, 0.29) is 29.6 Å². The van der Waals surface area contributed by atoms with E-state index in [0.29, 0.717) is 48.4 Å². The number of likely N-dealkylation sites (tertiary alicyclic amines) is 2. The molecule has 7 nitrogen and oxygen atoms in total. The first kappa shape index (κ1) is 28.4. The minimum absolute atomic E-state index is 0.0970. The third kappa shape index (κ3) is 6.60. The summed E-state index contributed by atoms with van der Waals surface area (Å²) in [5.74, 6) is 0.997. The fraction of sp³-hybridized carbons (Fsp3) is 0.667. The Kier molecular flexibility index (Phi) is 9.14. The summed E-state index contributed by atoms with van der Waals surface area (Å²) in [6.45, 7) is 4.25. The Morgan fingerprint density at radius 2 is 1.90 bits per heavy atom. The molecule has 1 aromatic carbocycles. The number of piperidine rings is 2. The monoisotopic (exact) mass is 560 g/mol. The Balaban J connectivity index is 1.19. The number of fused-ring (bicyclic) bond motifs is 1. The number of nitrogens with two attached hydrogens (primary N) is 1. The molecule has 2 aromatic rings. The molecule has 1 saturated carbocycles. The van der Waals surface area contributed by atoms with Crippen LogP contribution in [0.3, 0.4) is 0 Å². The molecule has 0 spiro atoms. The number of ether oxygens (including phenoxy) is 1. The molecule has 9 heteroatoms. The van der Waals surface area contributed by atoms with Gasteiger partial charge in [-0.1, -0.05) is 11.6 Å². The van der Waals surface area contributed by atoms with Gasteiger partial charge in [-0.15, -0.1) is 0 Å². The topological polar surface area (TPSA) is 80.8 Å². The van der Waals surface area contributed by atoms with Crippen LogP contribution in [0, 0.1) is 17.7 Å². The molecule has 0 bridgehead atoms. The zero-order valence-corrected chi connectivity index (χ0v) is 23.8. The summed E-state index contributed by atoms with van der Waals surface area (Å²) in [5, 5.41) is 1.07. The van der Waals surface area contributed by atoms with Crippen LogP contribution in [0.4, 0.5) is 4.39 Å². The smallest absolute Gasteiger partial charge is 0.225 e. The zero-order valence-electron chi connectivity index (χ0n) is 23.0. The third-order valence-corrected chi connectivity index (χ3v) is 9.14. The van der Waals surface area contributed by atoms with E-state index in [2.05, 4.69) is 4.57 Å². The highest BCUT2D eigenvalue weighted by Gasteiger charge is 2.35. The second kappa shape index (κ2) is 12.6. The Morgan fingerprint density at radius 1 is 1.13 bits per heavy atom. The van der Waals surface area contributed by atoms with Crippen LogP contribution in [-0.2, 0) is 20.9 Å². The van der Waals surface area contributed by atoms with Crippen molar-refractivity contribution >= 4 is 34.3 Å². The number of nitrogens with zero attached hydrogens (tertiary/aromatic N) is 3. The van der Waals surface area contributed by atoms with Crippen LogP contribution in [0.1, 0.15) is 69.4 Å². The van der Waals surface area contributed by atoms with Gasteiger partial charge in [-0.2, -0.15) is 0 Å². The van der Waals surface area contributed by atoms with Crippen LogP contribution in [-0.4, -0.2) is 72.1 Å². The predicted octanol–water partition coefficient (Wildman–Crippen LogP) is 4.93. The number of carbonyl (C=O) groups excluding carboxylic acids is 2. The van der Waals surface area contributed by atoms with Gasteiger partial charge in [0.25, 0.3) is 0 Å². The van der Waals surface area contributed by atoms with E-state index in [1.165, 1.54) is 6.07 Å². The van der Waals surface area contributed by atoms with Crippen molar-refractivity contribution in [1.82, 2.24) is 14.4 Å². The van der Waals surface area contributed by atoms with Gasteiger partial charge in [-0.05, 0) is 75.5 Å². The maximum Gasteiger partial charge on any atom is 0.225 e. The Labute approximate surface area is 235 Å². The van der Waals surface area contributed by atoms with Gasteiger partial charge in [0.05, 0.1) is 10.5 Å². The minimum atomic E-state index is -0.279. The van der Waals surface area contributed by atoms with Gasteiger partial charge in [-0.3, -0.25) is 9.59 Å². The SMILES string of the molecule is COCCCn1c(C2CCCN(C(=O)C[C@H](N)CC3CCN(C(=O)C4CC4)CC3)C2)cc2c(F)ccc(Cl)c21. The van der Waals surface area contributed by atoms with E-state index in [4.69, 9.17) is 22.1 Å². The number of carbonyl (C=O) groups is 2. The summed E-state index contributed by atoms with van der Waals surface area (Å²) < 4.78 is 22.1. The standard InChI is InChI=1S/C30H42ClFN4O3/c1-39-15-3-12-36-27(18-24-26(32)8-7-25(31)29(24)36)22-4-2-11-35(19-22)28(37)17-23(33)16-20-9-13-34(14-10-20)30(38)21-5-6-21/h7-8,18,20-23H,2-6,9-17,19,33H2,1H3/t22?,23-/m1/s1. The Bertz CT molecular complexity index is 1170. The van der Waals surface area contributed by atoms with Gasteiger partial charge in [-0.25, -0.2) is 4.39 Å². The van der Waals surface area contributed by atoms with Gasteiger partial charge >= 0.3 is 0 Å². The van der Waals surface area contributed by atoms with E-state index in [9.17, 15) is 14.0 Å². The molecule has 3 fully saturated rings. The van der Waals surface area contributed by atoms with Crippen molar-refractivity contribution in [2.45, 2.75) is 76.3 Å². The van der Waals surface area contributed by atoms with E-state index in [1.807, 2.05) is 15.9 Å². The van der Waals surface area contributed by atoms with Crippen LogP contribution in [0.25, 0.3) is 10.9 Å². The molecular weight excluding hydrogens is 519 g/mol. The van der Waals surface area contributed by atoms with Crippen LogP contribution in [0.2, 0.25) is 5.02 Å². The lowest BCUT2D eigenvalue weighted by Gasteiger charge is -2.35. The molecule has 2 amide bonds. The van der Waals surface area contributed by atoms with Crippen molar-refractivity contribution in [2.75, 3.05) is 39.9 Å². The van der Waals surface area contributed by atoms with Crippen molar-refractivity contribution in [3.8, 4) is 0 Å². The highest BCUT2D eigenvalue weighted by atomic mass is 35.5. The summed E-state index contributed by atoms with van der Waals surface area (Å²) in [7, 11) is 1.68. The molecule has 1 unspecified atom stereocenters. The summed E-state index contributed by atoms with van der Waals surface area (Å²) in [5.41, 5.74) is 8.24. The number of benzene rings is 1. The fourth-order valence-corrected chi connectivity index (χ4v) is 6.82. The molecule has 39 heavy (non-hydrogen) atoms. The second-order valence-electron chi connectivity index (χ2n) is 11.8. The van der Waals surface area contributed by atoms with Crippen LogP contribution in [0.5, 0.6) is 0 Å². The number of hydrogen-bond donors (Lipinski definition) is 1. The van der Waals surface area contributed by atoms with E-state index in [1.54, 1.807) is 13.2 Å². The minimum Gasteiger partial charge on any atom is -0.385 e. The first-order valence-electron chi connectivity index (χ1n) is 14.6. The molecule has 1 aromatic heterocycles. The highest BCUT2D eigenvalue weighted by Crippen LogP contribution is 2.36. The number of amides is 2. The quantitative estimate of drug-likeness (QED) is 0.418. The second-order valence-corrected chi connectivity index (χ2v) is 12.2. The summed E-state index contributed by atoms with van der Waals surface area (Å²) in [6, 6.07) is 4.78. The van der Waals surface area contributed by atoms with Crippen molar-refractivity contribution in [2.24, 2.45) is 17.6 Å². The number of aromatic nitrogens is 1. The Hall–Kier alpha value is -2.16. The molecule has 214 valence electrons. The molecule has 2 saturated heterocycles. The van der Waals surface area contributed by atoms with E-state index >= 15 is 0 Å². The number of halogens is 2. The van der Waals surface area contributed by atoms with Crippen molar-refractivity contribution in [3.05, 3.63) is 34.7 Å². The maximum atomic E-state index is 14.8. The largest absolute Gasteiger partial charge is 0.385 e. The molecule has 5 rings (SSSR count). The van der Waals surface area contributed by atoms with Gasteiger partial charge in [0, 0.05) is 81.8 Å². The predicted molar refractivity (Wildman–Crippen MR) is 151 cm³/mol. The van der Waals surface area contributed by atoms with Gasteiger partial charge in [0.2, 0.25) is 11.8 Å². The maximum absolute atomic E-state index is 14.8. The number of hydrogen-bond acceptors (Lipinski definition) is 4. The summed E-state index contributed by atoms with van der Waals surface area (Å²) in [4.78, 5) is 29.6. The Morgan fingerprint density at radius 3 is 2.62 bits per heavy atom. The molecule has 2 atom stereocenters. The summed E-state index contributed by atoms with van der Waals surface area (Å²) >= 11 is 6.54. The third-order valence-electron chi connectivity index (χ3n) is 8.84. The first-order chi connectivity index (χ1) is 18.9. The van der Waals surface area contributed by atoms with Gasteiger partial charge in [0.15, 0.2) is 0 Å². The lowest BCUT2D eigenvalue weighted by atomic mass is 9.88. The average Bonchev–Trinajstić information content (AvgIpc) is 3.71. The van der Waals surface area contributed by atoms with Crippen molar-refractivity contribution in [3.63, 3.8) is 0 Å². The normalized spacial score (nSPS) is 21.5. The average molecular weight is 561 g/mol. The molecule has 0 radical (unpaired) electrons. The van der Waals surface area contributed by atoms with Crippen molar-refractivity contribution in [1.29, 1.82) is 0 Å². The number of rotatable bonds is 10. The lowest BCUT2D eigenvalue weighted by molar-refractivity contribution is -0.134. The van der Waals surface area contributed by atoms with Gasteiger partial charge in [0.1, 0.15) is 5.82 Å². The number of methoxy groups -OCH3 is 1. The van der Waals surface area contributed by atoms with Crippen LogP contribution >= 0.6 is 11.6 Å². The van der Waals surface area contributed by atoms with Crippen LogP contribution in [0.15, 0.2) is 18.2 Å². The van der Waals surface area contributed by atoms with Gasteiger partial charge < -0.3 is 24.8 Å². The molecule has 2 N–H and O–H groups in total. The highest BCUT2D eigenvalue weighted by molar-refractivity contribution is 6.35. The molecule has 1 aliphatic carbocycles. The molecule has 2 aliphatic heterocycles. The molecular formula is C30H42ClFN4O3. The van der Waals surface area contributed by atoms with E-state index in [0.717, 1.165) is 82.2 Å². The lowest BCUT2D eigenvalue weighted by Crippen LogP contribution is -2.43. The molecule has 3 aliphatic rings. The summed E-state index contributed by atoms with van der Waals surface area (Å²) in [6.07, 6.45) is 7.82. The first-order valence-corrected chi connectivity index (χ1v) is 15.0. The number of aryl methyl sites for hydroxylation is 1. The zero-order chi connectivity index (χ0) is 27.5. The molecule has 3 heterocycles. The van der Waals surface area contributed by atoms with Crippen molar-refractivity contribution < 1.29 is 18.7 Å². The fourth-order valence-electron chi connectivity index (χ4n) is 6.56.